The maximum absolute atomic E-state index is 12.3. The summed E-state index contributed by atoms with van der Waals surface area (Å²) in [6.45, 7) is 0. The molecule has 1 aliphatic heterocycles. The molecular formula is C19H17NO6. The summed E-state index contributed by atoms with van der Waals surface area (Å²) < 4.78 is 10.1. The zero-order valence-electron chi connectivity index (χ0n) is 14.1. The highest BCUT2D eigenvalue weighted by Crippen LogP contribution is 2.36. The second kappa shape index (κ2) is 6.79. The van der Waals surface area contributed by atoms with Crippen LogP contribution >= 0.6 is 0 Å². The van der Waals surface area contributed by atoms with E-state index in [4.69, 9.17) is 9.47 Å². The summed E-state index contributed by atoms with van der Waals surface area (Å²) in [5.74, 6) is -1.20. The Kier molecular flexibility index (Phi) is 4.53. The number of aromatic hydroxyl groups is 1. The number of hydrogen-bond donors (Lipinski definition) is 3. The van der Waals surface area contributed by atoms with Crippen LogP contribution in [0.2, 0.25) is 0 Å². The largest absolute Gasteiger partial charge is 0.507 e. The van der Waals surface area contributed by atoms with E-state index in [1.54, 1.807) is 30.3 Å². The third-order valence-corrected chi connectivity index (χ3v) is 4.17. The Hall–Kier alpha value is -3.48. The molecule has 1 atom stereocenters. The molecule has 134 valence electrons. The molecule has 0 saturated carbocycles. The number of nitrogens with one attached hydrogen (secondary N) is 1. The zero-order chi connectivity index (χ0) is 18.8. The number of aliphatic hydroxyl groups excluding tert-OH is 1. The van der Waals surface area contributed by atoms with Crippen LogP contribution in [0.1, 0.15) is 17.2 Å². The van der Waals surface area contributed by atoms with E-state index in [0.29, 0.717) is 16.9 Å². The van der Waals surface area contributed by atoms with Crippen molar-refractivity contribution in [1.82, 2.24) is 5.32 Å². The topological polar surface area (TPSA) is 105 Å². The van der Waals surface area contributed by atoms with Crippen LogP contribution in [0.3, 0.4) is 0 Å². The molecule has 7 heteroatoms. The van der Waals surface area contributed by atoms with Crippen molar-refractivity contribution >= 4 is 17.4 Å². The van der Waals surface area contributed by atoms with Gasteiger partial charge in [-0.3, -0.25) is 9.59 Å². The first kappa shape index (κ1) is 17.3. The average Bonchev–Trinajstić information content (AvgIpc) is 2.96. The summed E-state index contributed by atoms with van der Waals surface area (Å²) in [4.78, 5) is 24.2. The normalized spacial score (nSPS) is 18.5. The molecule has 0 aliphatic carbocycles. The minimum Gasteiger partial charge on any atom is -0.507 e. The second-order valence-electron chi connectivity index (χ2n) is 5.66. The number of carbonyl (C=O) groups excluding carboxylic acids is 2. The molecule has 1 fully saturated rings. The molecule has 1 saturated heterocycles. The molecule has 3 rings (SSSR count). The minimum absolute atomic E-state index is 0.0621. The van der Waals surface area contributed by atoms with Crippen molar-refractivity contribution in [2.45, 2.75) is 6.04 Å². The number of methoxy groups -OCH3 is 2. The van der Waals surface area contributed by atoms with Crippen LogP contribution in [-0.2, 0) is 9.59 Å². The molecule has 26 heavy (non-hydrogen) atoms. The highest BCUT2D eigenvalue weighted by atomic mass is 16.5. The Bertz CT molecular complexity index is 901. The monoisotopic (exact) mass is 355 g/mol. The number of aliphatic hydroxyl groups is 1. The molecule has 0 spiro atoms. The van der Waals surface area contributed by atoms with Gasteiger partial charge in [0, 0.05) is 5.56 Å². The molecule has 1 heterocycles. The lowest BCUT2D eigenvalue weighted by Gasteiger charge is -2.15. The van der Waals surface area contributed by atoms with Gasteiger partial charge in [0.25, 0.3) is 11.7 Å². The molecule has 3 N–H and O–H groups in total. The van der Waals surface area contributed by atoms with Crippen molar-refractivity contribution in [3.8, 4) is 17.2 Å². The van der Waals surface area contributed by atoms with E-state index in [1.165, 1.54) is 26.4 Å². The lowest BCUT2D eigenvalue weighted by Crippen LogP contribution is -2.21. The third-order valence-electron chi connectivity index (χ3n) is 4.17. The number of rotatable bonds is 4. The number of benzene rings is 2. The molecule has 1 amide bonds. The highest BCUT2D eigenvalue weighted by molar-refractivity contribution is 6.46. The van der Waals surface area contributed by atoms with Gasteiger partial charge < -0.3 is 25.0 Å². The average molecular weight is 355 g/mol. The molecule has 7 nitrogen and oxygen atoms in total. The van der Waals surface area contributed by atoms with Crippen molar-refractivity contribution in [2.75, 3.05) is 14.2 Å². The molecule has 2 aromatic carbocycles. The lowest BCUT2D eigenvalue weighted by atomic mass is 9.95. The molecule has 2 aromatic rings. The highest BCUT2D eigenvalue weighted by Gasteiger charge is 2.39. The van der Waals surface area contributed by atoms with Crippen molar-refractivity contribution in [3.05, 3.63) is 59.2 Å². The lowest BCUT2D eigenvalue weighted by molar-refractivity contribution is -0.133. The van der Waals surface area contributed by atoms with Crippen LogP contribution in [0, 0.1) is 0 Å². The number of carbonyl (C=O) groups is 2. The first-order chi connectivity index (χ1) is 12.5. The second-order valence-corrected chi connectivity index (χ2v) is 5.66. The molecule has 0 unspecified atom stereocenters. The van der Waals surface area contributed by atoms with Crippen molar-refractivity contribution in [1.29, 1.82) is 0 Å². The number of amides is 1. The standard InChI is InChI=1S/C19H17NO6/c1-25-12-6-3-10(4-7-12)17(22)15-16(20-19(24)18(15)23)11-5-8-13(21)14(9-11)26-2/h3-9,16,21-22H,1-2H3,(H,20,24)/t16-/m0/s1. The van der Waals surface area contributed by atoms with Gasteiger partial charge in [0.1, 0.15) is 11.5 Å². The van der Waals surface area contributed by atoms with Crippen LogP contribution in [-0.4, -0.2) is 36.1 Å². The maximum atomic E-state index is 12.3. The van der Waals surface area contributed by atoms with Crippen LogP contribution in [0.15, 0.2) is 48.0 Å². The fraction of sp³-hybridized carbons (Fsp3) is 0.158. The van der Waals surface area contributed by atoms with Gasteiger partial charge in [0.2, 0.25) is 0 Å². The van der Waals surface area contributed by atoms with Crippen LogP contribution in [0.5, 0.6) is 17.2 Å². The van der Waals surface area contributed by atoms with Gasteiger partial charge in [-0.05, 0) is 42.0 Å². The summed E-state index contributed by atoms with van der Waals surface area (Å²) in [6, 6.07) is 10.0. The van der Waals surface area contributed by atoms with Crippen LogP contribution in [0.25, 0.3) is 5.76 Å². The minimum atomic E-state index is -0.855. The number of phenols is 1. The Balaban J connectivity index is 2.09. The van der Waals surface area contributed by atoms with E-state index in [2.05, 4.69) is 5.32 Å². The zero-order valence-corrected chi connectivity index (χ0v) is 14.1. The SMILES string of the molecule is COc1ccc(C(O)=C2C(=O)C(=O)N[C@H]2c2ccc(O)c(OC)c2)cc1. The van der Waals surface area contributed by atoms with E-state index >= 15 is 0 Å². The predicted molar refractivity (Wildman–Crippen MR) is 93.1 cm³/mol. The Morgan fingerprint density at radius 3 is 2.35 bits per heavy atom. The third kappa shape index (κ3) is 2.95. The number of hydrogen-bond acceptors (Lipinski definition) is 6. The first-order valence-electron chi connectivity index (χ1n) is 7.76. The van der Waals surface area contributed by atoms with Gasteiger partial charge in [-0.25, -0.2) is 0 Å². The summed E-state index contributed by atoms with van der Waals surface area (Å²) in [5, 5.41) is 22.9. The maximum Gasteiger partial charge on any atom is 0.293 e. The van der Waals surface area contributed by atoms with Gasteiger partial charge in [0.15, 0.2) is 11.5 Å². The molecule has 0 aromatic heterocycles. The molecular weight excluding hydrogens is 338 g/mol. The van der Waals surface area contributed by atoms with Crippen LogP contribution < -0.4 is 14.8 Å². The van der Waals surface area contributed by atoms with Crippen molar-refractivity contribution < 1.29 is 29.3 Å². The quantitative estimate of drug-likeness (QED) is 0.441. The van der Waals surface area contributed by atoms with Gasteiger partial charge in [-0.1, -0.05) is 6.07 Å². The summed E-state index contributed by atoms with van der Waals surface area (Å²) in [5.41, 5.74) is 0.809. The Labute approximate surface area is 149 Å². The number of ether oxygens (including phenoxy) is 2. The van der Waals surface area contributed by atoms with E-state index in [-0.39, 0.29) is 22.8 Å². The van der Waals surface area contributed by atoms with Gasteiger partial charge in [0.05, 0.1) is 25.8 Å². The fourth-order valence-corrected chi connectivity index (χ4v) is 2.79. The Morgan fingerprint density at radius 1 is 1.04 bits per heavy atom. The van der Waals surface area contributed by atoms with Crippen molar-refractivity contribution in [2.24, 2.45) is 0 Å². The fourth-order valence-electron chi connectivity index (χ4n) is 2.79. The Morgan fingerprint density at radius 2 is 1.73 bits per heavy atom. The molecule has 1 aliphatic rings. The number of phenolic OH excluding ortho intramolecular Hbond substituents is 1. The predicted octanol–water partition coefficient (Wildman–Crippen LogP) is 2.12. The van der Waals surface area contributed by atoms with E-state index in [0.717, 1.165) is 0 Å². The van der Waals surface area contributed by atoms with E-state index in [9.17, 15) is 19.8 Å². The summed E-state index contributed by atoms with van der Waals surface area (Å²) >= 11 is 0. The van der Waals surface area contributed by atoms with Gasteiger partial charge >= 0.3 is 0 Å². The molecule has 0 bridgehead atoms. The first-order valence-corrected chi connectivity index (χ1v) is 7.76. The van der Waals surface area contributed by atoms with Crippen LogP contribution in [0.4, 0.5) is 0 Å². The number of ketones is 1. The number of Topliss-reactive ketones (excluding diaryl/α,β-unsaturated/α-hetero) is 1. The molecule has 0 radical (unpaired) electrons. The van der Waals surface area contributed by atoms with Crippen molar-refractivity contribution in [3.63, 3.8) is 0 Å². The van der Waals surface area contributed by atoms with Gasteiger partial charge in [-0.2, -0.15) is 0 Å². The smallest absolute Gasteiger partial charge is 0.293 e. The summed E-state index contributed by atoms with van der Waals surface area (Å²) in [6.07, 6.45) is 0. The summed E-state index contributed by atoms with van der Waals surface area (Å²) in [7, 11) is 2.91. The van der Waals surface area contributed by atoms with Gasteiger partial charge in [-0.15, -0.1) is 0 Å². The van der Waals surface area contributed by atoms with E-state index in [1.807, 2.05) is 0 Å². The van der Waals surface area contributed by atoms with E-state index < -0.39 is 17.7 Å².